The molecule has 0 bridgehead atoms. The molecular formula is C14H21N3O4S. The molecule has 0 saturated carbocycles. The summed E-state index contributed by atoms with van der Waals surface area (Å²) in [4.78, 5) is 12.0. The van der Waals surface area contributed by atoms with E-state index in [-0.39, 0.29) is 11.9 Å². The molecule has 22 heavy (non-hydrogen) atoms. The van der Waals surface area contributed by atoms with Gasteiger partial charge in [0.1, 0.15) is 11.8 Å². The van der Waals surface area contributed by atoms with E-state index in [4.69, 9.17) is 4.42 Å². The van der Waals surface area contributed by atoms with Crippen LogP contribution in [-0.2, 0) is 15.0 Å². The topological polar surface area (TPSA) is 82.9 Å². The Morgan fingerprint density at radius 2 is 2.18 bits per heavy atom. The van der Waals surface area contributed by atoms with Crippen molar-refractivity contribution in [2.75, 3.05) is 19.6 Å². The van der Waals surface area contributed by atoms with Crippen molar-refractivity contribution in [1.82, 2.24) is 13.9 Å². The number of carbonyl (C=O) groups is 1. The number of nitrogens with zero attached hydrogens (tertiary/aromatic N) is 2. The molecule has 2 saturated heterocycles. The first kappa shape index (κ1) is 15.5. The molecule has 0 aromatic carbocycles. The summed E-state index contributed by atoms with van der Waals surface area (Å²) in [7, 11) is -3.69. The van der Waals surface area contributed by atoms with Crippen molar-refractivity contribution >= 4 is 16.1 Å². The van der Waals surface area contributed by atoms with Gasteiger partial charge in [0, 0.05) is 19.6 Å². The summed E-state index contributed by atoms with van der Waals surface area (Å²) in [5.74, 6) is 0.446. The van der Waals surface area contributed by atoms with Gasteiger partial charge in [0.15, 0.2) is 0 Å². The van der Waals surface area contributed by atoms with E-state index in [9.17, 15) is 13.2 Å². The van der Waals surface area contributed by atoms with Crippen LogP contribution in [0.25, 0.3) is 0 Å². The van der Waals surface area contributed by atoms with Gasteiger partial charge in [-0.3, -0.25) is 4.79 Å². The average molecular weight is 327 g/mol. The van der Waals surface area contributed by atoms with Crippen molar-refractivity contribution < 1.29 is 17.6 Å². The minimum Gasteiger partial charge on any atom is -0.468 e. The van der Waals surface area contributed by atoms with E-state index in [1.54, 1.807) is 18.4 Å². The van der Waals surface area contributed by atoms with Gasteiger partial charge in [0.05, 0.1) is 12.3 Å². The summed E-state index contributed by atoms with van der Waals surface area (Å²) < 4.78 is 34.3. The molecule has 0 aliphatic carbocycles. The highest BCUT2D eigenvalue weighted by atomic mass is 32.2. The van der Waals surface area contributed by atoms with Crippen LogP contribution in [0.3, 0.4) is 0 Å². The lowest BCUT2D eigenvalue weighted by atomic mass is 10.2. The highest BCUT2D eigenvalue weighted by Gasteiger charge is 2.44. The van der Waals surface area contributed by atoms with Crippen LogP contribution in [0.2, 0.25) is 0 Å². The Balaban J connectivity index is 1.89. The van der Waals surface area contributed by atoms with Gasteiger partial charge in [-0.15, -0.1) is 0 Å². The minimum absolute atomic E-state index is 0.217. The molecular weight excluding hydrogens is 306 g/mol. The highest BCUT2D eigenvalue weighted by molar-refractivity contribution is 7.86. The minimum atomic E-state index is -3.69. The number of amides is 1. The summed E-state index contributed by atoms with van der Waals surface area (Å²) in [5, 5.41) is 2.73. The molecule has 2 fully saturated rings. The lowest BCUT2D eigenvalue weighted by Crippen LogP contribution is -2.59. The van der Waals surface area contributed by atoms with E-state index >= 15 is 0 Å². The van der Waals surface area contributed by atoms with E-state index in [0.717, 1.165) is 12.8 Å². The van der Waals surface area contributed by atoms with Crippen molar-refractivity contribution in [1.29, 1.82) is 0 Å². The molecule has 1 aromatic rings. The Bertz CT molecular complexity index is 629. The molecule has 8 heteroatoms. The number of hydrogen-bond acceptors (Lipinski definition) is 4. The van der Waals surface area contributed by atoms with Gasteiger partial charge >= 0.3 is 0 Å². The molecule has 0 spiro atoms. The Labute approximate surface area is 130 Å². The molecule has 122 valence electrons. The smallest absolute Gasteiger partial charge is 0.283 e. The fourth-order valence-electron chi connectivity index (χ4n) is 3.28. The molecule has 2 aliphatic rings. The van der Waals surface area contributed by atoms with E-state index in [2.05, 4.69) is 5.32 Å². The lowest BCUT2D eigenvalue weighted by molar-refractivity contribution is -0.126. The van der Waals surface area contributed by atoms with Crippen LogP contribution < -0.4 is 5.32 Å². The van der Waals surface area contributed by atoms with Gasteiger partial charge < -0.3 is 9.73 Å². The quantitative estimate of drug-likeness (QED) is 0.889. The molecule has 1 aromatic heterocycles. The first-order valence-electron chi connectivity index (χ1n) is 7.65. The maximum absolute atomic E-state index is 13.0. The Morgan fingerprint density at radius 3 is 2.86 bits per heavy atom. The second-order valence-corrected chi connectivity index (χ2v) is 7.45. The van der Waals surface area contributed by atoms with Gasteiger partial charge in [0.25, 0.3) is 10.2 Å². The molecule has 1 N–H and O–H groups in total. The zero-order valence-corrected chi connectivity index (χ0v) is 13.4. The SMILES string of the molecule is CC[C@H]1C(=O)NCCN1S(=O)(=O)N1CCC[C@@H]1c1ccco1. The second-order valence-electron chi connectivity index (χ2n) is 5.62. The first-order valence-corrected chi connectivity index (χ1v) is 9.05. The Hall–Kier alpha value is -1.38. The summed E-state index contributed by atoms with van der Waals surface area (Å²) in [6.45, 7) is 2.95. The lowest BCUT2D eigenvalue weighted by Gasteiger charge is -2.37. The number of carbonyl (C=O) groups excluding carboxylic acids is 1. The predicted molar refractivity (Wildman–Crippen MR) is 80.1 cm³/mol. The van der Waals surface area contributed by atoms with Gasteiger partial charge in [-0.1, -0.05) is 6.92 Å². The molecule has 3 rings (SSSR count). The fourth-order valence-corrected chi connectivity index (χ4v) is 5.32. The standard InChI is InChI=1S/C14H21N3O4S/c1-2-11-14(18)15-7-9-17(11)22(19,20)16-8-3-5-12(16)13-6-4-10-21-13/h4,6,10-12H,2-3,5,7-9H2,1H3,(H,15,18)/t11-,12+/m0/s1. The number of piperazine rings is 1. The molecule has 2 aliphatic heterocycles. The van der Waals surface area contributed by atoms with Gasteiger partial charge in [-0.05, 0) is 31.4 Å². The molecule has 7 nitrogen and oxygen atoms in total. The maximum atomic E-state index is 13.0. The highest BCUT2D eigenvalue weighted by Crippen LogP contribution is 2.36. The zero-order chi connectivity index (χ0) is 15.7. The van der Waals surface area contributed by atoms with Gasteiger partial charge in [0.2, 0.25) is 5.91 Å². The molecule has 2 atom stereocenters. The van der Waals surface area contributed by atoms with Gasteiger partial charge in [-0.2, -0.15) is 17.0 Å². The van der Waals surface area contributed by atoms with Crippen molar-refractivity contribution in [3.63, 3.8) is 0 Å². The van der Waals surface area contributed by atoms with Crippen LogP contribution in [0, 0.1) is 0 Å². The normalized spacial score (nSPS) is 28.0. The monoisotopic (exact) mass is 327 g/mol. The second kappa shape index (κ2) is 6.02. The number of nitrogens with one attached hydrogen (secondary N) is 1. The molecule has 0 unspecified atom stereocenters. The Morgan fingerprint density at radius 1 is 1.36 bits per heavy atom. The summed E-state index contributed by atoms with van der Waals surface area (Å²) >= 11 is 0. The van der Waals surface area contributed by atoms with Crippen LogP contribution in [0.15, 0.2) is 22.8 Å². The van der Waals surface area contributed by atoms with Gasteiger partial charge in [-0.25, -0.2) is 0 Å². The van der Waals surface area contributed by atoms with Crippen LogP contribution in [0.1, 0.15) is 38.0 Å². The number of furan rings is 1. The third kappa shape index (κ3) is 2.55. The molecule has 1 amide bonds. The van der Waals surface area contributed by atoms with E-state index in [1.165, 1.54) is 8.61 Å². The average Bonchev–Trinajstić information content (AvgIpc) is 3.17. The maximum Gasteiger partial charge on any atom is 0.283 e. The largest absolute Gasteiger partial charge is 0.468 e. The first-order chi connectivity index (χ1) is 10.6. The van der Waals surface area contributed by atoms with E-state index in [0.29, 0.717) is 31.8 Å². The van der Waals surface area contributed by atoms with E-state index < -0.39 is 16.3 Å². The Kier molecular flexibility index (Phi) is 4.24. The van der Waals surface area contributed by atoms with Crippen molar-refractivity contribution in [3.8, 4) is 0 Å². The van der Waals surface area contributed by atoms with Crippen LogP contribution in [0.5, 0.6) is 0 Å². The third-order valence-electron chi connectivity index (χ3n) is 4.34. The summed E-state index contributed by atoms with van der Waals surface area (Å²) in [5.41, 5.74) is 0. The van der Waals surface area contributed by atoms with Crippen LogP contribution >= 0.6 is 0 Å². The molecule has 0 radical (unpaired) electrons. The number of hydrogen-bond donors (Lipinski definition) is 1. The predicted octanol–water partition coefficient (Wildman–Crippen LogP) is 0.872. The van der Waals surface area contributed by atoms with Crippen LogP contribution in [-0.4, -0.2) is 48.6 Å². The molecule has 3 heterocycles. The zero-order valence-electron chi connectivity index (χ0n) is 12.6. The summed E-state index contributed by atoms with van der Waals surface area (Å²) in [6, 6.07) is 2.67. The fraction of sp³-hybridized carbons (Fsp3) is 0.643. The van der Waals surface area contributed by atoms with Crippen molar-refractivity contribution in [3.05, 3.63) is 24.2 Å². The van der Waals surface area contributed by atoms with Crippen LogP contribution in [0.4, 0.5) is 0 Å². The summed E-state index contributed by atoms with van der Waals surface area (Å²) in [6.07, 6.45) is 3.55. The van der Waals surface area contributed by atoms with E-state index in [1.807, 2.05) is 6.92 Å². The van der Waals surface area contributed by atoms with Crippen molar-refractivity contribution in [2.24, 2.45) is 0 Å². The number of rotatable bonds is 4. The third-order valence-corrected chi connectivity index (χ3v) is 6.40. The van der Waals surface area contributed by atoms with Crippen molar-refractivity contribution in [2.45, 2.75) is 38.3 Å².